The number of imide groups is 1. The largest absolute Gasteiger partial charge is 0.383 e. The topological polar surface area (TPSA) is 75.7 Å². The minimum absolute atomic E-state index is 0.242. The van der Waals surface area contributed by atoms with E-state index in [4.69, 9.17) is 4.74 Å². The molecular formula is C19H18N2O4. The Balaban J connectivity index is 1.89. The van der Waals surface area contributed by atoms with Crippen LogP contribution in [0.5, 0.6) is 0 Å². The van der Waals surface area contributed by atoms with Gasteiger partial charge in [-0.1, -0.05) is 12.1 Å². The third-order valence-electron chi connectivity index (χ3n) is 4.00. The Morgan fingerprint density at radius 2 is 1.84 bits per heavy atom. The van der Waals surface area contributed by atoms with Gasteiger partial charge in [0, 0.05) is 19.2 Å². The number of fused-ring (bicyclic) bond motifs is 1. The van der Waals surface area contributed by atoms with Crippen molar-refractivity contribution in [2.45, 2.75) is 6.92 Å². The Morgan fingerprint density at radius 3 is 2.56 bits per heavy atom. The van der Waals surface area contributed by atoms with Crippen LogP contribution in [0.25, 0.3) is 0 Å². The van der Waals surface area contributed by atoms with Gasteiger partial charge < -0.3 is 10.1 Å². The number of aryl methyl sites for hydroxylation is 1. The van der Waals surface area contributed by atoms with Gasteiger partial charge in [0.2, 0.25) is 0 Å². The number of nitrogens with one attached hydrogen (secondary N) is 1. The van der Waals surface area contributed by atoms with Crippen molar-refractivity contribution in [2.24, 2.45) is 0 Å². The molecule has 6 heteroatoms. The molecule has 0 spiro atoms. The molecule has 2 aromatic rings. The third-order valence-corrected chi connectivity index (χ3v) is 4.00. The van der Waals surface area contributed by atoms with Crippen LogP contribution in [0, 0.1) is 6.92 Å². The fourth-order valence-electron chi connectivity index (χ4n) is 2.75. The Morgan fingerprint density at radius 1 is 1.08 bits per heavy atom. The fraction of sp³-hybridized carbons (Fsp3) is 0.211. The van der Waals surface area contributed by atoms with Gasteiger partial charge in [-0.15, -0.1) is 0 Å². The van der Waals surface area contributed by atoms with Crippen molar-refractivity contribution >= 4 is 23.4 Å². The second kappa shape index (κ2) is 6.86. The number of amides is 3. The highest BCUT2D eigenvalue weighted by molar-refractivity contribution is 6.34. The highest BCUT2D eigenvalue weighted by Gasteiger charge is 2.37. The molecule has 0 fully saturated rings. The molecule has 1 aliphatic heterocycles. The maximum Gasteiger partial charge on any atom is 0.266 e. The average molecular weight is 338 g/mol. The second-order valence-electron chi connectivity index (χ2n) is 5.79. The van der Waals surface area contributed by atoms with Crippen molar-refractivity contribution in [3.63, 3.8) is 0 Å². The molecule has 128 valence electrons. The first-order chi connectivity index (χ1) is 12.0. The van der Waals surface area contributed by atoms with E-state index in [1.165, 1.54) is 12.1 Å². The summed E-state index contributed by atoms with van der Waals surface area (Å²) in [6.45, 7) is 2.66. The predicted octanol–water partition coefficient (Wildman–Crippen LogP) is 2.17. The summed E-state index contributed by atoms with van der Waals surface area (Å²) in [7, 11) is 1.55. The van der Waals surface area contributed by atoms with E-state index in [0.29, 0.717) is 30.0 Å². The number of hydrogen-bond acceptors (Lipinski definition) is 4. The number of ether oxygens (including phenoxy) is 1. The number of methoxy groups -OCH3 is 1. The first kappa shape index (κ1) is 16.9. The van der Waals surface area contributed by atoms with Gasteiger partial charge in [-0.05, 0) is 42.8 Å². The van der Waals surface area contributed by atoms with Gasteiger partial charge in [0.25, 0.3) is 17.7 Å². The lowest BCUT2D eigenvalue weighted by atomic mass is 10.1. The molecule has 3 rings (SSSR count). The van der Waals surface area contributed by atoms with Crippen LogP contribution in [0.2, 0.25) is 0 Å². The maximum atomic E-state index is 12.7. The Labute approximate surface area is 145 Å². The summed E-state index contributed by atoms with van der Waals surface area (Å²) >= 11 is 0. The first-order valence-electron chi connectivity index (χ1n) is 7.89. The molecule has 1 aliphatic rings. The van der Waals surface area contributed by atoms with E-state index in [2.05, 4.69) is 5.32 Å². The van der Waals surface area contributed by atoms with Crippen molar-refractivity contribution in [3.05, 3.63) is 64.7 Å². The third kappa shape index (κ3) is 3.16. The number of rotatable bonds is 5. The van der Waals surface area contributed by atoms with Gasteiger partial charge in [-0.2, -0.15) is 0 Å². The molecule has 1 heterocycles. The fourth-order valence-corrected chi connectivity index (χ4v) is 2.75. The molecule has 0 aliphatic carbocycles. The highest BCUT2D eigenvalue weighted by atomic mass is 16.5. The van der Waals surface area contributed by atoms with Crippen LogP contribution in [0.1, 0.15) is 36.6 Å². The van der Waals surface area contributed by atoms with Crippen LogP contribution in [0.3, 0.4) is 0 Å². The van der Waals surface area contributed by atoms with Crippen molar-refractivity contribution in [1.82, 2.24) is 5.32 Å². The average Bonchev–Trinajstić information content (AvgIpc) is 2.85. The predicted molar refractivity (Wildman–Crippen MR) is 93.0 cm³/mol. The summed E-state index contributed by atoms with van der Waals surface area (Å²) in [5, 5.41) is 2.69. The summed E-state index contributed by atoms with van der Waals surface area (Å²) in [4.78, 5) is 38.6. The minimum Gasteiger partial charge on any atom is -0.383 e. The maximum absolute atomic E-state index is 12.7. The van der Waals surface area contributed by atoms with E-state index in [1.807, 2.05) is 13.0 Å². The van der Waals surface area contributed by atoms with E-state index in [-0.39, 0.29) is 17.4 Å². The Kier molecular flexibility index (Phi) is 4.63. The van der Waals surface area contributed by atoms with Crippen LogP contribution in [-0.4, -0.2) is 38.0 Å². The van der Waals surface area contributed by atoms with Crippen molar-refractivity contribution in [1.29, 1.82) is 0 Å². The van der Waals surface area contributed by atoms with E-state index in [0.717, 1.165) is 10.5 Å². The molecule has 3 amide bonds. The molecule has 25 heavy (non-hydrogen) atoms. The number of carbonyl (C=O) groups is 3. The van der Waals surface area contributed by atoms with Gasteiger partial charge in [0.15, 0.2) is 0 Å². The van der Waals surface area contributed by atoms with Gasteiger partial charge in [0.05, 0.1) is 23.4 Å². The molecule has 0 saturated heterocycles. The van der Waals surface area contributed by atoms with Crippen LogP contribution in [-0.2, 0) is 4.74 Å². The van der Waals surface area contributed by atoms with Crippen LogP contribution in [0.4, 0.5) is 5.69 Å². The molecule has 2 aromatic carbocycles. The van der Waals surface area contributed by atoms with E-state index < -0.39 is 5.91 Å². The van der Waals surface area contributed by atoms with Crippen molar-refractivity contribution < 1.29 is 19.1 Å². The number of nitrogens with zero attached hydrogens (tertiary/aromatic N) is 1. The molecule has 0 saturated carbocycles. The van der Waals surface area contributed by atoms with Crippen LogP contribution >= 0.6 is 0 Å². The molecule has 0 atom stereocenters. The van der Waals surface area contributed by atoms with E-state index >= 15 is 0 Å². The summed E-state index contributed by atoms with van der Waals surface area (Å²) in [6.07, 6.45) is 0. The summed E-state index contributed by atoms with van der Waals surface area (Å²) in [5.41, 5.74) is 2.36. The molecule has 0 unspecified atom stereocenters. The van der Waals surface area contributed by atoms with Gasteiger partial charge >= 0.3 is 0 Å². The number of hydrogen-bond donors (Lipinski definition) is 1. The van der Waals surface area contributed by atoms with Crippen molar-refractivity contribution in [3.8, 4) is 0 Å². The van der Waals surface area contributed by atoms with E-state index in [1.54, 1.807) is 31.4 Å². The SMILES string of the molecule is COCCNC(=O)c1ccc2c(c1)C(=O)N(c1cccc(C)c1)C2=O. The summed E-state index contributed by atoms with van der Waals surface area (Å²) in [6, 6.07) is 11.7. The monoisotopic (exact) mass is 338 g/mol. The zero-order chi connectivity index (χ0) is 18.0. The lowest BCUT2D eigenvalue weighted by molar-refractivity contribution is 0.0921. The molecule has 1 N–H and O–H groups in total. The lowest BCUT2D eigenvalue weighted by Gasteiger charge is -2.14. The summed E-state index contributed by atoms with van der Waals surface area (Å²) < 4.78 is 4.89. The van der Waals surface area contributed by atoms with Gasteiger partial charge in [-0.25, -0.2) is 4.90 Å². The van der Waals surface area contributed by atoms with Gasteiger partial charge in [0.1, 0.15) is 0 Å². The molecule has 0 aromatic heterocycles. The smallest absolute Gasteiger partial charge is 0.266 e. The number of carbonyl (C=O) groups excluding carboxylic acids is 3. The molecule has 0 bridgehead atoms. The lowest BCUT2D eigenvalue weighted by Crippen LogP contribution is -2.29. The van der Waals surface area contributed by atoms with Gasteiger partial charge in [-0.3, -0.25) is 14.4 Å². The minimum atomic E-state index is -0.419. The molecule has 0 radical (unpaired) electrons. The Hall–Kier alpha value is -2.99. The van der Waals surface area contributed by atoms with Crippen LogP contribution in [0.15, 0.2) is 42.5 Å². The van der Waals surface area contributed by atoms with Crippen molar-refractivity contribution in [2.75, 3.05) is 25.2 Å². The zero-order valence-electron chi connectivity index (χ0n) is 14.0. The molecule has 6 nitrogen and oxygen atoms in total. The number of benzene rings is 2. The zero-order valence-corrected chi connectivity index (χ0v) is 14.0. The first-order valence-corrected chi connectivity index (χ1v) is 7.89. The molecular weight excluding hydrogens is 320 g/mol. The highest BCUT2D eigenvalue weighted by Crippen LogP contribution is 2.29. The number of anilines is 1. The quantitative estimate of drug-likeness (QED) is 0.670. The van der Waals surface area contributed by atoms with Crippen LogP contribution < -0.4 is 10.2 Å². The normalized spacial score (nSPS) is 13.1. The Bertz CT molecular complexity index is 860. The second-order valence-corrected chi connectivity index (χ2v) is 5.79. The standard InChI is InChI=1S/C19H18N2O4/c1-12-4-3-5-14(10-12)21-18(23)15-7-6-13(11-16(15)19(21)24)17(22)20-8-9-25-2/h3-7,10-11H,8-9H2,1-2H3,(H,20,22). The summed E-state index contributed by atoms with van der Waals surface area (Å²) in [5.74, 6) is -1.11. The van der Waals surface area contributed by atoms with E-state index in [9.17, 15) is 14.4 Å².